The van der Waals surface area contributed by atoms with E-state index in [1.165, 1.54) is 0 Å². The second-order valence-corrected chi connectivity index (χ2v) is 5.92. The van der Waals surface area contributed by atoms with Crippen LogP contribution in [0.5, 0.6) is 0 Å². The van der Waals surface area contributed by atoms with E-state index in [9.17, 15) is 4.79 Å². The van der Waals surface area contributed by atoms with E-state index in [0.29, 0.717) is 10.6 Å². The van der Waals surface area contributed by atoms with Crippen LogP contribution in [-0.2, 0) is 6.54 Å². The van der Waals surface area contributed by atoms with E-state index in [4.69, 9.17) is 11.6 Å². The fourth-order valence-corrected chi connectivity index (χ4v) is 2.58. The number of rotatable bonds is 5. The monoisotopic (exact) mass is 323 g/mol. The molecule has 0 bridgehead atoms. The Morgan fingerprint density at radius 3 is 2.86 bits per heavy atom. The van der Waals surface area contributed by atoms with Crippen LogP contribution >= 0.6 is 23.4 Å². The van der Waals surface area contributed by atoms with Crippen LogP contribution in [0.3, 0.4) is 0 Å². The van der Waals surface area contributed by atoms with E-state index >= 15 is 0 Å². The van der Waals surface area contributed by atoms with Crippen LogP contribution in [0.25, 0.3) is 0 Å². The number of amides is 1. The molecule has 1 N–H and O–H groups in total. The summed E-state index contributed by atoms with van der Waals surface area (Å²) in [6, 6.07) is 7.20. The summed E-state index contributed by atoms with van der Waals surface area (Å²) in [5, 5.41) is 7.79. The van der Waals surface area contributed by atoms with Crippen molar-refractivity contribution < 1.29 is 4.79 Å². The minimum atomic E-state index is -0.186. The van der Waals surface area contributed by atoms with Crippen LogP contribution in [0.15, 0.2) is 35.4 Å². The average molecular weight is 324 g/mol. The lowest BCUT2D eigenvalue weighted by Crippen LogP contribution is -2.27. The summed E-state index contributed by atoms with van der Waals surface area (Å²) in [6.45, 7) is 4.74. The molecule has 112 valence electrons. The quantitative estimate of drug-likeness (QED) is 0.852. The molecule has 4 nitrogen and oxygen atoms in total. The number of benzene rings is 1. The summed E-state index contributed by atoms with van der Waals surface area (Å²) in [4.78, 5) is 13.4. The van der Waals surface area contributed by atoms with Crippen LogP contribution < -0.4 is 5.32 Å². The molecular formula is C15H18ClN3OS. The molecule has 0 saturated heterocycles. The van der Waals surface area contributed by atoms with Gasteiger partial charge in [0.2, 0.25) is 0 Å². The Morgan fingerprint density at radius 2 is 2.24 bits per heavy atom. The zero-order valence-electron chi connectivity index (χ0n) is 12.3. The maximum atomic E-state index is 12.4. The first-order valence-corrected chi connectivity index (χ1v) is 8.33. The third-order valence-electron chi connectivity index (χ3n) is 3.19. The van der Waals surface area contributed by atoms with E-state index in [-0.39, 0.29) is 11.9 Å². The Kier molecular flexibility index (Phi) is 5.31. The molecule has 0 spiro atoms. The van der Waals surface area contributed by atoms with Gasteiger partial charge < -0.3 is 5.32 Å². The Balaban J connectivity index is 2.13. The topological polar surface area (TPSA) is 46.9 Å². The number of nitrogens with one attached hydrogen (secondary N) is 1. The number of aryl methyl sites for hydroxylation is 1. The first-order valence-electron chi connectivity index (χ1n) is 6.73. The lowest BCUT2D eigenvalue weighted by atomic mass is 10.2. The summed E-state index contributed by atoms with van der Waals surface area (Å²) < 4.78 is 1.83. The van der Waals surface area contributed by atoms with Crippen molar-refractivity contribution in [2.75, 3.05) is 6.26 Å². The van der Waals surface area contributed by atoms with Gasteiger partial charge in [-0.3, -0.25) is 9.48 Å². The van der Waals surface area contributed by atoms with Gasteiger partial charge in [0.05, 0.1) is 22.3 Å². The van der Waals surface area contributed by atoms with Gasteiger partial charge in [-0.15, -0.1) is 11.8 Å². The lowest BCUT2D eigenvalue weighted by molar-refractivity contribution is 0.0939. The van der Waals surface area contributed by atoms with E-state index in [2.05, 4.69) is 10.4 Å². The predicted molar refractivity (Wildman–Crippen MR) is 87.0 cm³/mol. The van der Waals surface area contributed by atoms with Crippen molar-refractivity contribution in [3.63, 3.8) is 0 Å². The number of carbonyl (C=O) groups is 1. The number of aromatic nitrogens is 2. The molecule has 0 aliphatic rings. The predicted octanol–water partition coefficient (Wildman–Crippen LogP) is 3.77. The summed E-state index contributed by atoms with van der Waals surface area (Å²) >= 11 is 7.69. The summed E-state index contributed by atoms with van der Waals surface area (Å²) in [6.07, 6.45) is 3.87. The highest BCUT2D eigenvalue weighted by molar-refractivity contribution is 7.98. The van der Waals surface area contributed by atoms with Gasteiger partial charge >= 0.3 is 0 Å². The van der Waals surface area contributed by atoms with Crippen LogP contribution in [0, 0.1) is 0 Å². The summed E-state index contributed by atoms with van der Waals surface area (Å²) in [7, 11) is 0. The molecule has 1 aromatic heterocycles. The van der Waals surface area contributed by atoms with Gasteiger partial charge in [-0.1, -0.05) is 11.6 Å². The summed E-state index contributed by atoms with van der Waals surface area (Å²) in [5.74, 6) is -0.186. The second kappa shape index (κ2) is 7.00. The van der Waals surface area contributed by atoms with E-state index in [1.54, 1.807) is 23.9 Å². The smallest absolute Gasteiger partial charge is 0.253 e. The minimum Gasteiger partial charge on any atom is -0.344 e. The molecule has 1 amide bonds. The number of nitrogens with zero attached hydrogens (tertiary/aromatic N) is 2. The molecule has 0 aliphatic carbocycles. The van der Waals surface area contributed by atoms with Crippen molar-refractivity contribution in [3.8, 4) is 0 Å². The fourth-order valence-electron chi connectivity index (χ4n) is 1.94. The van der Waals surface area contributed by atoms with Crippen LogP contribution in [0.1, 0.15) is 35.9 Å². The molecule has 1 aromatic carbocycles. The number of hydrogen-bond acceptors (Lipinski definition) is 3. The molecule has 1 atom stereocenters. The maximum Gasteiger partial charge on any atom is 0.253 e. The van der Waals surface area contributed by atoms with Crippen molar-refractivity contribution in [3.05, 3.63) is 46.7 Å². The van der Waals surface area contributed by atoms with Crippen molar-refractivity contribution in [1.29, 1.82) is 0 Å². The van der Waals surface area contributed by atoms with Crippen molar-refractivity contribution in [1.82, 2.24) is 15.1 Å². The number of hydrogen-bond donors (Lipinski definition) is 1. The third kappa shape index (κ3) is 3.80. The fraction of sp³-hybridized carbons (Fsp3) is 0.333. The molecule has 1 heterocycles. The zero-order valence-corrected chi connectivity index (χ0v) is 13.8. The molecule has 6 heteroatoms. The van der Waals surface area contributed by atoms with Crippen molar-refractivity contribution >= 4 is 29.3 Å². The van der Waals surface area contributed by atoms with Gasteiger partial charge in [0.1, 0.15) is 0 Å². The van der Waals surface area contributed by atoms with Crippen molar-refractivity contribution in [2.45, 2.75) is 31.3 Å². The SMILES string of the molecule is CCn1ccc(C(C)NC(=O)c2cc(SC)ccc2Cl)n1. The van der Waals surface area contributed by atoms with Gasteiger partial charge in [-0.25, -0.2) is 0 Å². The molecule has 1 unspecified atom stereocenters. The maximum absolute atomic E-state index is 12.4. The molecule has 0 fully saturated rings. The van der Waals surface area contributed by atoms with Crippen LogP contribution in [0.2, 0.25) is 5.02 Å². The molecule has 0 saturated carbocycles. The Bertz CT molecular complexity index is 642. The molecular weight excluding hydrogens is 306 g/mol. The zero-order chi connectivity index (χ0) is 15.4. The van der Waals surface area contributed by atoms with E-state index in [0.717, 1.165) is 17.1 Å². The highest BCUT2D eigenvalue weighted by atomic mass is 35.5. The minimum absolute atomic E-state index is 0.167. The lowest BCUT2D eigenvalue weighted by Gasteiger charge is -2.13. The number of halogens is 1. The van der Waals surface area contributed by atoms with Gasteiger partial charge in [-0.05, 0) is 44.4 Å². The Hall–Kier alpha value is -1.46. The first-order chi connectivity index (χ1) is 10.0. The number of thioether (sulfide) groups is 1. The average Bonchev–Trinajstić information content (AvgIpc) is 2.96. The standard InChI is InChI=1S/C15H18ClN3OS/c1-4-19-8-7-14(18-19)10(2)17-15(20)12-9-11(21-3)5-6-13(12)16/h5-10H,4H2,1-3H3,(H,17,20). The van der Waals surface area contributed by atoms with Gasteiger partial charge in [0, 0.05) is 17.6 Å². The normalized spacial score (nSPS) is 12.2. The number of carbonyl (C=O) groups excluding carboxylic acids is 1. The van der Waals surface area contributed by atoms with E-state index in [1.807, 2.05) is 43.1 Å². The molecule has 0 radical (unpaired) electrons. The largest absolute Gasteiger partial charge is 0.344 e. The molecule has 21 heavy (non-hydrogen) atoms. The van der Waals surface area contributed by atoms with E-state index < -0.39 is 0 Å². The summed E-state index contributed by atoms with van der Waals surface area (Å²) in [5.41, 5.74) is 1.33. The molecule has 0 aliphatic heterocycles. The van der Waals surface area contributed by atoms with Crippen LogP contribution in [0.4, 0.5) is 0 Å². The molecule has 2 rings (SSSR count). The van der Waals surface area contributed by atoms with Gasteiger partial charge in [0.25, 0.3) is 5.91 Å². The van der Waals surface area contributed by atoms with Crippen molar-refractivity contribution in [2.24, 2.45) is 0 Å². The highest BCUT2D eigenvalue weighted by Crippen LogP contribution is 2.23. The third-order valence-corrected chi connectivity index (χ3v) is 4.25. The highest BCUT2D eigenvalue weighted by Gasteiger charge is 2.16. The van der Waals surface area contributed by atoms with Gasteiger partial charge in [0.15, 0.2) is 0 Å². The van der Waals surface area contributed by atoms with Crippen LogP contribution in [-0.4, -0.2) is 21.9 Å². The van der Waals surface area contributed by atoms with Gasteiger partial charge in [-0.2, -0.15) is 5.10 Å². The second-order valence-electron chi connectivity index (χ2n) is 4.64. The Morgan fingerprint density at radius 1 is 1.48 bits per heavy atom. The Labute approximate surface area is 133 Å². The molecule has 2 aromatic rings. The first kappa shape index (κ1) is 15.9.